The van der Waals surface area contributed by atoms with Crippen molar-refractivity contribution in [2.75, 3.05) is 18.0 Å². The third-order valence-corrected chi connectivity index (χ3v) is 5.43. The lowest BCUT2D eigenvalue weighted by atomic mass is 10.1. The molecule has 1 saturated heterocycles. The number of carbonyl (C=O) groups excluding carboxylic acids is 1. The van der Waals surface area contributed by atoms with Crippen molar-refractivity contribution in [3.63, 3.8) is 0 Å². The molecule has 0 bridgehead atoms. The molecular weight excluding hydrogens is 435 g/mol. The van der Waals surface area contributed by atoms with E-state index in [9.17, 15) is 18.0 Å². The van der Waals surface area contributed by atoms with Crippen molar-refractivity contribution < 1.29 is 22.4 Å². The van der Waals surface area contributed by atoms with Crippen LogP contribution in [-0.4, -0.2) is 35.0 Å². The van der Waals surface area contributed by atoms with Crippen molar-refractivity contribution in [2.45, 2.75) is 31.5 Å². The van der Waals surface area contributed by atoms with E-state index >= 15 is 0 Å². The molecular formula is C23H20F3N5O2. The van der Waals surface area contributed by atoms with Crippen LogP contribution in [0.3, 0.4) is 0 Å². The van der Waals surface area contributed by atoms with Gasteiger partial charge in [0, 0.05) is 24.7 Å². The van der Waals surface area contributed by atoms with Crippen LogP contribution in [0.1, 0.15) is 29.8 Å². The van der Waals surface area contributed by atoms with Crippen LogP contribution in [0.4, 0.5) is 19.0 Å². The molecule has 3 heterocycles. The van der Waals surface area contributed by atoms with Gasteiger partial charge in [0.2, 0.25) is 11.7 Å². The zero-order valence-electron chi connectivity index (χ0n) is 17.5. The van der Waals surface area contributed by atoms with Crippen molar-refractivity contribution in [2.24, 2.45) is 0 Å². The topological polar surface area (TPSA) is 95.1 Å². The van der Waals surface area contributed by atoms with E-state index in [4.69, 9.17) is 9.68 Å². The third kappa shape index (κ3) is 5.14. The average molecular weight is 455 g/mol. The number of halogens is 3. The maximum absolute atomic E-state index is 13.4. The standard InChI is InChI=1S/C23H20F3N5O2/c24-23(25,26)22-29-18(17-8-11-33-14-17)12-20(30-22)31-10-1-2-19(31)21(32)28-9-7-15-3-5-16(13-27)6-4-15/h3-6,8,11-12,14,19H,1-2,7,9-10H2,(H,28,32)/t19-/m0/s1. The minimum Gasteiger partial charge on any atom is -0.472 e. The second kappa shape index (κ2) is 9.32. The second-order valence-electron chi connectivity index (χ2n) is 7.65. The van der Waals surface area contributed by atoms with E-state index in [0.717, 1.165) is 5.56 Å². The Morgan fingerprint density at radius 3 is 2.70 bits per heavy atom. The van der Waals surface area contributed by atoms with E-state index in [1.54, 1.807) is 17.0 Å². The molecule has 0 radical (unpaired) electrons. The predicted molar refractivity (Wildman–Crippen MR) is 113 cm³/mol. The molecule has 3 aromatic rings. The summed E-state index contributed by atoms with van der Waals surface area (Å²) in [6, 6.07) is 11.5. The highest BCUT2D eigenvalue weighted by Gasteiger charge is 2.38. The number of anilines is 1. The lowest BCUT2D eigenvalue weighted by Gasteiger charge is -2.26. The van der Waals surface area contributed by atoms with Gasteiger partial charge >= 0.3 is 6.18 Å². The van der Waals surface area contributed by atoms with Crippen LogP contribution in [0.25, 0.3) is 11.3 Å². The number of amides is 1. The molecule has 1 N–H and O–H groups in total. The van der Waals surface area contributed by atoms with Gasteiger partial charge in [-0.3, -0.25) is 4.79 Å². The minimum absolute atomic E-state index is 0.0540. The van der Waals surface area contributed by atoms with Crippen LogP contribution in [0.2, 0.25) is 0 Å². The van der Waals surface area contributed by atoms with Crippen LogP contribution < -0.4 is 10.2 Å². The number of alkyl halides is 3. The Labute approximate surface area is 187 Å². The van der Waals surface area contributed by atoms with Crippen molar-refractivity contribution in [1.29, 1.82) is 5.26 Å². The summed E-state index contributed by atoms with van der Waals surface area (Å²) >= 11 is 0. The molecule has 33 heavy (non-hydrogen) atoms. The van der Waals surface area contributed by atoms with E-state index in [-0.39, 0.29) is 17.4 Å². The molecule has 2 aromatic heterocycles. The molecule has 1 atom stereocenters. The monoisotopic (exact) mass is 455 g/mol. The van der Waals surface area contributed by atoms with Crippen molar-refractivity contribution >= 4 is 11.7 Å². The summed E-state index contributed by atoms with van der Waals surface area (Å²) in [7, 11) is 0. The lowest BCUT2D eigenvalue weighted by molar-refractivity contribution is -0.144. The molecule has 1 aromatic carbocycles. The van der Waals surface area contributed by atoms with Crippen LogP contribution in [0, 0.1) is 11.3 Å². The van der Waals surface area contributed by atoms with Gasteiger partial charge in [0.25, 0.3) is 0 Å². The molecule has 7 nitrogen and oxygen atoms in total. The fourth-order valence-corrected chi connectivity index (χ4v) is 3.77. The third-order valence-electron chi connectivity index (χ3n) is 5.43. The van der Waals surface area contributed by atoms with Gasteiger partial charge in [-0.25, -0.2) is 9.97 Å². The molecule has 170 valence electrons. The zero-order valence-corrected chi connectivity index (χ0v) is 17.5. The van der Waals surface area contributed by atoms with Crippen LogP contribution in [0.15, 0.2) is 53.3 Å². The highest BCUT2D eigenvalue weighted by Crippen LogP contribution is 2.33. The van der Waals surface area contributed by atoms with Crippen LogP contribution >= 0.6 is 0 Å². The molecule has 1 aliphatic heterocycles. The molecule has 1 aliphatic rings. The number of carbonyl (C=O) groups is 1. The largest absolute Gasteiger partial charge is 0.472 e. The second-order valence-corrected chi connectivity index (χ2v) is 7.65. The summed E-state index contributed by atoms with van der Waals surface area (Å²) < 4.78 is 45.3. The van der Waals surface area contributed by atoms with E-state index in [1.165, 1.54) is 24.7 Å². The Kier molecular flexibility index (Phi) is 6.31. The summed E-state index contributed by atoms with van der Waals surface area (Å²) in [6.45, 7) is 0.778. The summed E-state index contributed by atoms with van der Waals surface area (Å²) in [6.07, 6.45) is -0.337. The molecule has 1 amide bonds. The molecule has 0 spiro atoms. The Balaban J connectivity index is 1.49. The Morgan fingerprint density at radius 2 is 2.03 bits per heavy atom. The van der Waals surface area contributed by atoms with Crippen molar-refractivity contribution in [1.82, 2.24) is 15.3 Å². The fourth-order valence-electron chi connectivity index (χ4n) is 3.77. The number of rotatable bonds is 6. The first-order valence-corrected chi connectivity index (χ1v) is 10.4. The Morgan fingerprint density at radius 1 is 1.24 bits per heavy atom. The number of hydrogen-bond donors (Lipinski definition) is 1. The van der Waals surface area contributed by atoms with Crippen LogP contribution in [-0.2, 0) is 17.4 Å². The number of aromatic nitrogens is 2. The molecule has 1 fully saturated rings. The van der Waals surface area contributed by atoms with E-state index in [1.807, 2.05) is 12.1 Å². The number of benzene rings is 1. The molecule has 10 heteroatoms. The van der Waals surface area contributed by atoms with E-state index < -0.39 is 18.0 Å². The minimum atomic E-state index is -4.73. The number of furan rings is 1. The SMILES string of the molecule is N#Cc1ccc(CCNC(=O)[C@@H]2CCCN2c2cc(-c3ccoc3)nc(C(F)(F)F)n2)cc1. The molecule has 4 rings (SSSR count). The van der Waals surface area contributed by atoms with Gasteiger partial charge in [-0.1, -0.05) is 12.1 Å². The highest BCUT2D eigenvalue weighted by atomic mass is 19.4. The normalized spacial score (nSPS) is 15.9. The fraction of sp³-hybridized carbons (Fsp3) is 0.304. The van der Waals surface area contributed by atoms with Gasteiger partial charge < -0.3 is 14.6 Å². The Bertz CT molecular complexity index is 1150. The first-order valence-electron chi connectivity index (χ1n) is 10.4. The van der Waals surface area contributed by atoms with Crippen molar-refractivity contribution in [3.05, 3.63) is 65.9 Å². The van der Waals surface area contributed by atoms with Gasteiger partial charge in [0.1, 0.15) is 11.9 Å². The van der Waals surface area contributed by atoms with E-state index in [2.05, 4.69) is 21.4 Å². The summed E-state index contributed by atoms with van der Waals surface area (Å²) in [5, 5.41) is 11.7. The van der Waals surface area contributed by atoms with Crippen LogP contribution in [0.5, 0.6) is 0 Å². The van der Waals surface area contributed by atoms with Gasteiger partial charge in [-0.05, 0) is 43.0 Å². The first kappa shape index (κ1) is 22.3. The molecule has 0 aliphatic carbocycles. The first-order chi connectivity index (χ1) is 15.8. The molecule has 0 saturated carbocycles. The summed E-state index contributed by atoms with van der Waals surface area (Å²) in [5.74, 6) is -1.47. The maximum atomic E-state index is 13.4. The van der Waals surface area contributed by atoms with Gasteiger partial charge in [0.05, 0.1) is 29.9 Å². The lowest BCUT2D eigenvalue weighted by Crippen LogP contribution is -2.44. The molecule has 0 unspecified atom stereocenters. The van der Waals surface area contributed by atoms with Gasteiger partial charge in [-0.15, -0.1) is 0 Å². The summed E-state index contributed by atoms with van der Waals surface area (Å²) in [4.78, 5) is 21.8. The van der Waals surface area contributed by atoms with Gasteiger partial charge in [-0.2, -0.15) is 18.4 Å². The number of hydrogen-bond acceptors (Lipinski definition) is 6. The number of nitrogens with zero attached hydrogens (tertiary/aromatic N) is 4. The quantitative estimate of drug-likeness (QED) is 0.605. The predicted octanol–water partition coefficient (Wildman–Crippen LogP) is 3.95. The van der Waals surface area contributed by atoms with E-state index in [0.29, 0.717) is 43.5 Å². The summed E-state index contributed by atoms with van der Waals surface area (Å²) in [5.41, 5.74) is 2.00. The Hall–Kier alpha value is -3.87. The number of nitrogens with one attached hydrogen (secondary N) is 1. The average Bonchev–Trinajstić information content (AvgIpc) is 3.51. The van der Waals surface area contributed by atoms with Crippen molar-refractivity contribution in [3.8, 4) is 17.3 Å². The zero-order chi connectivity index (χ0) is 23.4. The smallest absolute Gasteiger partial charge is 0.451 e. The highest BCUT2D eigenvalue weighted by molar-refractivity contribution is 5.85. The van der Waals surface area contributed by atoms with Gasteiger partial charge in [0.15, 0.2) is 0 Å². The maximum Gasteiger partial charge on any atom is 0.451 e. The number of nitriles is 1.